The molecule has 2 aromatic rings. The van der Waals surface area contributed by atoms with Crippen LogP contribution in [0.25, 0.3) is 11.3 Å². The van der Waals surface area contributed by atoms with Crippen molar-refractivity contribution < 1.29 is 0 Å². The topological polar surface area (TPSA) is 29.9 Å². The van der Waals surface area contributed by atoms with Crippen molar-refractivity contribution in [2.75, 3.05) is 0 Å². The lowest BCUT2D eigenvalue weighted by molar-refractivity contribution is 0.424. The number of rotatable bonds is 3. The number of nitrogens with zero attached hydrogens (tertiary/aromatic N) is 2. The van der Waals surface area contributed by atoms with Gasteiger partial charge < -0.3 is 5.32 Å². The molecule has 1 aromatic heterocycles. The summed E-state index contributed by atoms with van der Waals surface area (Å²) in [4.78, 5) is 0. The molecule has 0 saturated heterocycles. The summed E-state index contributed by atoms with van der Waals surface area (Å²) in [7, 11) is 1.91. The summed E-state index contributed by atoms with van der Waals surface area (Å²) in [6, 6.07) is 5.44. The van der Waals surface area contributed by atoms with Gasteiger partial charge in [-0.2, -0.15) is 5.10 Å². The van der Waals surface area contributed by atoms with Crippen molar-refractivity contribution in [2.45, 2.75) is 32.9 Å². The average Bonchev–Trinajstić information content (AvgIpc) is 2.70. The zero-order valence-corrected chi connectivity index (χ0v) is 13.7. The number of hydrogen-bond donors (Lipinski definition) is 1. The summed E-state index contributed by atoms with van der Waals surface area (Å²) in [5.74, 6) is 0. The lowest BCUT2D eigenvalue weighted by Crippen LogP contribution is -2.35. The maximum absolute atomic E-state index is 6.27. The lowest BCUT2D eigenvalue weighted by Gasteiger charge is -2.20. The molecule has 2 rings (SSSR count). The molecule has 1 heterocycles. The van der Waals surface area contributed by atoms with Gasteiger partial charge in [-0.1, -0.05) is 23.2 Å². The summed E-state index contributed by atoms with van der Waals surface area (Å²) in [5, 5.41) is 9.30. The Bertz CT molecular complexity index is 612. The molecule has 0 unspecified atom stereocenters. The van der Waals surface area contributed by atoms with E-state index < -0.39 is 0 Å². The van der Waals surface area contributed by atoms with Crippen LogP contribution in [0, 0.1) is 0 Å². The molecule has 0 fully saturated rings. The smallest absolute Gasteiger partial charge is 0.0983 e. The van der Waals surface area contributed by atoms with Gasteiger partial charge >= 0.3 is 0 Å². The van der Waals surface area contributed by atoms with E-state index in [1.165, 1.54) is 0 Å². The van der Waals surface area contributed by atoms with Crippen molar-refractivity contribution in [3.8, 4) is 11.3 Å². The average molecular weight is 312 g/mol. The van der Waals surface area contributed by atoms with Crippen LogP contribution in [0.15, 0.2) is 24.4 Å². The molecule has 0 spiro atoms. The molecule has 5 heteroatoms. The maximum Gasteiger partial charge on any atom is 0.0983 e. The number of benzene rings is 1. The van der Waals surface area contributed by atoms with E-state index in [4.69, 9.17) is 23.2 Å². The molecule has 1 aromatic carbocycles. The van der Waals surface area contributed by atoms with Crippen LogP contribution in [0.3, 0.4) is 0 Å². The van der Waals surface area contributed by atoms with Gasteiger partial charge in [0.2, 0.25) is 0 Å². The predicted molar refractivity (Wildman–Crippen MR) is 85.3 cm³/mol. The predicted octanol–water partition coefficient (Wildman–Crippen LogP) is 4.28. The van der Waals surface area contributed by atoms with Crippen LogP contribution in [0.2, 0.25) is 10.0 Å². The van der Waals surface area contributed by atoms with Crippen molar-refractivity contribution in [3.05, 3.63) is 40.0 Å². The molecule has 20 heavy (non-hydrogen) atoms. The maximum atomic E-state index is 6.27. The van der Waals surface area contributed by atoms with Crippen molar-refractivity contribution in [1.29, 1.82) is 0 Å². The number of aryl methyl sites for hydroxylation is 1. The Balaban J connectivity index is 2.39. The quantitative estimate of drug-likeness (QED) is 0.916. The standard InChI is InChI=1S/C15H19Cl2N3/c1-15(2,3)18-8-10-9-20(4)19-14(10)12-7-11(16)5-6-13(12)17/h5-7,9,18H,8H2,1-4H3. The number of aromatic nitrogens is 2. The Morgan fingerprint density at radius 1 is 1.25 bits per heavy atom. The van der Waals surface area contributed by atoms with Crippen molar-refractivity contribution in [1.82, 2.24) is 15.1 Å². The monoisotopic (exact) mass is 311 g/mol. The Morgan fingerprint density at radius 3 is 2.60 bits per heavy atom. The minimum atomic E-state index is 0.0469. The van der Waals surface area contributed by atoms with Gasteiger partial charge in [-0.25, -0.2) is 0 Å². The summed E-state index contributed by atoms with van der Waals surface area (Å²) in [5.41, 5.74) is 2.89. The highest BCUT2D eigenvalue weighted by Crippen LogP contribution is 2.31. The molecule has 1 N–H and O–H groups in total. The first kappa shape index (κ1) is 15.4. The van der Waals surface area contributed by atoms with E-state index in [0.717, 1.165) is 23.4 Å². The Kier molecular flexibility index (Phi) is 4.43. The van der Waals surface area contributed by atoms with Gasteiger partial charge in [0.25, 0.3) is 0 Å². The molecule has 0 aliphatic carbocycles. The van der Waals surface area contributed by atoms with Gasteiger partial charge in [0.1, 0.15) is 0 Å². The molecule has 0 aliphatic rings. The molecule has 0 radical (unpaired) electrons. The van der Waals surface area contributed by atoms with E-state index in [1.54, 1.807) is 16.8 Å². The lowest BCUT2D eigenvalue weighted by atomic mass is 10.1. The van der Waals surface area contributed by atoms with Crippen LogP contribution >= 0.6 is 23.2 Å². The van der Waals surface area contributed by atoms with Gasteiger partial charge in [-0.3, -0.25) is 4.68 Å². The first-order chi connectivity index (χ1) is 9.26. The summed E-state index contributed by atoms with van der Waals surface area (Å²) < 4.78 is 1.80. The minimum absolute atomic E-state index is 0.0469. The highest BCUT2D eigenvalue weighted by atomic mass is 35.5. The van der Waals surface area contributed by atoms with Gasteiger partial charge in [0, 0.05) is 41.5 Å². The van der Waals surface area contributed by atoms with E-state index in [1.807, 2.05) is 19.3 Å². The molecule has 0 saturated carbocycles. The molecule has 108 valence electrons. The third-order valence-electron chi connectivity index (χ3n) is 2.90. The van der Waals surface area contributed by atoms with Crippen LogP contribution in [-0.4, -0.2) is 15.3 Å². The highest BCUT2D eigenvalue weighted by molar-refractivity contribution is 6.35. The van der Waals surface area contributed by atoms with E-state index in [2.05, 4.69) is 31.2 Å². The second-order valence-corrected chi connectivity index (χ2v) is 6.75. The normalized spacial score (nSPS) is 11.9. The largest absolute Gasteiger partial charge is 0.308 e. The molecule has 0 amide bonds. The number of halogens is 2. The third-order valence-corrected chi connectivity index (χ3v) is 3.46. The zero-order valence-electron chi connectivity index (χ0n) is 12.2. The minimum Gasteiger partial charge on any atom is -0.308 e. The fraction of sp³-hybridized carbons (Fsp3) is 0.400. The summed E-state index contributed by atoms with van der Waals surface area (Å²) in [6.45, 7) is 7.13. The zero-order chi connectivity index (χ0) is 14.9. The van der Waals surface area contributed by atoms with Gasteiger partial charge in [0.15, 0.2) is 0 Å². The Morgan fingerprint density at radius 2 is 1.95 bits per heavy atom. The first-order valence-corrected chi connectivity index (χ1v) is 7.25. The Labute approximate surface area is 129 Å². The second-order valence-electron chi connectivity index (χ2n) is 5.90. The van der Waals surface area contributed by atoms with Gasteiger partial charge in [-0.15, -0.1) is 0 Å². The fourth-order valence-corrected chi connectivity index (χ4v) is 2.31. The van der Waals surface area contributed by atoms with Crippen molar-refractivity contribution in [3.63, 3.8) is 0 Å². The Hall–Kier alpha value is -1.03. The van der Waals surface area contributed by atoms with E-state index >= 15 is 0 Å². The van der Waals surface area contributed by atoms with E-state index in [0.29, 0.717) is 10.0 Å². The molecule has 0 bridgehead atoms. The first-order valence-electron chi connectivity index (χ1n) is 6.49. The molecular formula is C15H19Cl2N3. The van der Waals surface area contributed by atoms with E-state index in [-0.39, 0.29) is 5.54 Å². The van der Waals surface area contributed by atoms with Gasteiger partial charge in [-0.05, 0) is 39.0 Å². The molecular weight excluding hydrogens is 293 g/mol. The second kappa shape index (κ2) is 5.76. The highest BCUT2D eigenvalue weighted by Gasteiger charge is 2.16. The fourth-order valence-electron chi connectivity index (χ4n) is 1.93. The van der Waals surface area contributed by atoms with Crippen LogP contribution < -0.4 is 5.32 Å². The molecule has 0 aliphatic heterocycles. The van der Waals surface area contributed by atoms with Crippen LogP contribution in [0.1, 0.15) is 26.3 Å². The summed E-state index contributed by atoms with van der Waals surface area (Å²) >= 11 is 12.3. The van der Waals surface area contributed by atoms with Crippen molar-refractivity contribution >= 4 is 23.2 Å². The van der Waals surface area contributed by atoms with Crippen LogP contribution in [-0.2, 0) is 13.6 Å². The summed E-state index contributed by atoms with van der Waals surface area (Å²) in [6.07, 6.45) is 2.01. The molecule has 0 atom stereocenters. The third kappa shape index (κ3) is 3.75. The number of nitrogens with one attached hydrogen (secondary N) is 1. The SMILES string of the molecule is Cn1cc(CNC(C)(C)C)c(-c2cc(Cl)ccc2Cl)n1. The van der Waals surface area contributed by atoms with Crippen molar-refractivity contribution in [2.24, 2.45) is 7.05 Å². The van der Waals surface area contributed by atoms with Gasteiger partial charge in [0.05, 0.1) is 10.7 Å². The van der Waals surface area contributed by atoms with E-state index in [9.17, 15) is 0 Å². The van der Waals surface area contributed by atoms with Crippen LogP contribution in [0.4, 0.5) is 0 Å². The van der Waals surface area contributed by atoms with Crippen LogP contribution in [0.5, 0.6) is 0 Å². The number of hydrogen-bond acceptors (Lipinski definition) is 2. The molecule has 3 nitrogen and oxygen atoms in total.